The number of hydrogen-bond donors (Lipinski definition) is 1. The topological polar surface area (TPSA) is 47.6 Å². The highest BCUT2D eigenvalue weighted by Crippen LogP contribution is 2.23. The first-order valence-electron chi connectivity index (χ1n) is 8.56. The number of rotatable bonds is 9. The van der Waals surface area contributed by atoms with Crippen LogP contribution in [0.5, 0.6) is 11.5 Å². The van der Waals surface area contributed by atoms with Gasteiger partial charge in [-0.05, 0) is 60.9 Å². The van der Waals surface area contributed by atoms with Crippen LogP contribution in [0.2, 0.25) is 0 Å². The van der Waals surface area contributed by atoms with Crippen molar-refractivity contribution in [3.05, 3.63) is 52.5 Å². The van der Waals surface area contributed by atoms with Gasteiger partial charge in [-0.25, -0.2) is 0 Å². The smallest absolute Gasteiger partial charge is 0.262 e. The Morgan fingerprint density at radius 1 is 1.08 bits per heavy atom. The molecule has 5 heteroatoms. The van der Waals surface area contributed by atoms with Crippen LogP contribution in [0, 0.1) is 0 Å². The molecule has 0 saturated carbocycles. The normalized spacial score (nSPS) is 10.4. The Hall–Kier alpha value is -2.01. The van der Waals surface area contributed by atoms with E-state index in [0.29, 0.717) is 6.61 Å². The minimum Gasteiger partial charge on any atom is -0.494 e. The summed E-state index contributed by atoms with van der Waals surface area (Å²) in [5.74, 6) is 1.36. The number of amides is 1. The lowest BCUT2D eigenvalue weighted by Gasteiger charge is -2.11. The van der Waals surface area contributed by atoms with Gasteiger partial charge in [0.1, 0.15) is 11.5 Å². The molecule has 2 rings (SSSR count). The number of carbonyl (C=O) groups excluding carboxylic acids is 1. The molecule has 0 saturated heterocycles. The van der Waals surface area contributed by atoms with Crippen LogP contribution in [0.1, 0.15) is 32.3 Å². The van der Waals surface area contributed by atoms with Crippen molar-refractivity contribution in [3.63, 3.8) is 0 Å². The molecule has 25 heavy (non-hydrogen) atoms. The molecule has 0 bridgehead atoms. The van der Waals surface area contributed by atoms with Gasteiger partial charge in [-0.15, -0.1) is 0 Å². The van der Waals surface area contributed by atoms with Crippen LogP contribution in [0.3, 0.4) is 0 Å². The summed E-state index contributed by atoms with van der Waals surface area (Å²) < 4.78 is 12.3. The largest absolute Gasteiger partial charge is 0.494 e. The lowest BCUT2D eigenvalue weighted by Crippen LogP contribution is -2.20. The van der Waals surface area contributed by atoms with E-state index in [1.807, 2.05) is 42.5 Å². The van der Waals surface area contributed by atoms with Crippen molar-refractivity contribution in [3.8, 4) is 11.5 Å². The minimum atomic E-state index is -0.190. The molecular formula is C20H24BrNO3. The molecular weight excluding hydrogens is 382 g/mol. The summed E-state index contributed by atoms with van der Waals surface area (Å²) >= 11 is 3.44. The maximum absolute atomic E-state index is 12.1. The standard InChI is InChI=1S/C20H24BrNO3/c1-3-5-12-24-18-9-7-17(8-10-18)22-20(23)14-25-19-11-6-16(21)13-15(19)4-2/h6-11,13H,3-5,12,14H2,1-2H3,(H,22,23). The number of benzene rings is 2. The molecule has 0 fully saturated rings. The molecule has 1 N–H and O–H groups in total. The van der Waals surface area contributed by atoms with E-state index >= 15 is 0 Å². The van der Waals surface area contributed by atoms with Crippen molar-refractivity contribution in [2.45, 2.75) is 33.1 Å². The molecule has 0 spiro atoms. The van der Waals surface area contributed by atoms with Crippen LogP contribution in [-0.4, -0.2) is 19.1 Å². The number of nitrogens with one attached hydrogen (secondary N) is 1. The zero-order chi connectivity index (χ0) is 18.1. The monoisotopic (exact) mass is 405 g/mol. The van der Waals surface area contributed by atoms with Gasteiger partial charge in [-0.1, -0.05) is 36.2 Å². The molecule has 0 unspecified atom stereocenters. The Morgan fingerprint density at radius 2 is 1.84 bits per heavy atom. The fourth-order valence-corrected chi connectivity index (χ4v) is 2.68. The van der Waals surface area contributed by atoms with Crippen LogP contribution in [0.25, 0.3) is 0 Å². The predicted octanol–water partition coefficient (Wildman–Crippen LogP) is 5.21. The quantitative estimate of drug-likeness (QED) is 0.582. The molecule has 0 atom stereocenters. The molecule has 0 aromatic heterocycles. The summed E-state index contributed by atoms with van der Waals surface area (Å²) in [6.45, 7) is 4.87. The Balaban J connectivity index is 1.84. The van der Waals surface area contributed by atoms with Gasteiger partial charge in [0.15, 0.2) is 6.61 Å². The van der Waals surface area contributed by atoms with Crippen molar-refractivity contribution in [1.29, 1.82) is 0 Å². The molecule has 0 aliphatic carbocycles. The summed E-state index contributed by atoms with van der Waals surface area (Å²) in [4.78, 5) is 12.1. The third kappa shape index (κ3) is 6.42. The van der Waals surface area contributed by atoms with Crippen LogP contribution >= 0.6 is 15.9 Å². The number of ether oxygens (including phenoxy) is 2. The van der Waals surface area contributed by atoms with Crippen molar-refractivity contribution in [2.75, 3.05) is 18.5 Å². The van der Waals surface area contributed by atoms with Crippen molar-refractivity contribution >= 4 is 27.5 Å². The summed E-state index contributed by atoms with van der Waals surface area (Å²) in [6, 6.07) is 13.2. The van der Waals surface area contributed by atoms with E-state index in [-0.39, 0.29) is 12.5 Å². The van der Waals surface area contributed by atoms with Gasteiger partial charge in [0.25, 0.3) is 5.91 Å². The van der Waals surface area contributed by atoms with Gasteiger partial charge in [-0.2, -0.15) is 0 Å². The second-order valence-corrected chi connectivity index (χ2v) is 6.58. The number of unbranched alkanes of at least 4 members (excludes halogenated alkanes) is 1. The summed E-state index contributed by atoms with van der Waals surface area (Å²) in [6.07, 6.45) is 2.98. The molecule has 0 heterocycles. The van der Waals surface area contributed by atoms with Gasteiger partial charge in [0.05, 0.1) is 6.61 Å². The maximum Gasteiger partial charge on any atom is 0.262 e. The summed E-state index contributed by atoms with van der Waals surface area (Å²) in [7, 11) is 0. The number of carbonyl (C=O) groups is 1. The van der Waals surface area contributed by atoms with Crippen LogP contribution < -0.4 is 14.8 Å². The van der Waals surface area contributed by atoms with Gasteiger partial charge < -0.3 is 14.8 Å². The Kier molecular flexibility index (Phi) is 7.79. The van der Waals surface area contributed by atoms with E-state index in [4.69, 9.17) is 9.47 Å². The van der Waals surface area contributed by atoms with E-state index in [9.17, 15) is 4.79 Å². The second kappa shape index (κ2) is 10.1. The van der Waals surface area contributed by atoms with E-state index < -0.39 is 0 Å². The highest BCUT2D eigenvalue weighted by molar-refractivity contribution is 9.10. The minimum absolute atomic E-state index is 0.0244. The van der Waals surface area contributed by atoms with Crippen LogP contribution in [-0.2, 0) is 11.2 Å². The van der Waals surface area contributed by atoms with E-state index in [0.717, 1.165) is 46.5 Å². The molecule has 2 aromatic rings. The van der Waals surface area contributed by atoms with E-state index in [2.05, 4.69) is 35.1 Å². The number of anilines is 1. The predicted molar refractivity (Wildman–Crippen MR) is 104 cm³/mol. The molecule has 0 radical (unpaired) electrons. The number of aryl methyl sites for hydroxylation is 1. The molecule has 1 amide bonds. The lowest BCUT2D eigenvalue weighted by molar-refractivity contribution is -0.118. The molecule has 0 aliphatic heterocycles. The van der Waals surface area contributed by atoms with Crippen LogP contribution in [0.4, 0.5) is 5.69 Å². The Morgan fingerprint density at radius 3 is 2.52 bits per heavy atom. The van der Waals surface area contributed by atoms with Gasteiger partial charge in [0, 0.05) is 10.2 Å². The lowest BCUT2D eigenvalue weighted by atomic mass is 10.1. The average Bonchev–Trinajstić information content (AvgIpc) is 2.62. The third-order valence-electron chi connectivity index (χ3n) is 3.67. The van der Waals surface area contributed by atoms with Crippen LogP contribution in [0.15, 0.2) is 46.9 Å². The first-order chi connectivity index (χ1) is 12.1. The van der Waals surface area contributed by atoms with Crippen molar-refractivity contribution in [2.24, 2.45) is 0 Å². The molecule has 2 aromatic carbocycles. The zero-order valence-electron chi connectivity index (χ0n) is 14.7. The van der Waals surface area contributed by atoms with Crippen molar-refractivity contribution in [1.82, 2.24) is 0 Å². The van der Waals surface area contributed by atoms with Crippen molar-refractivity contribution < 1.29 is 14.3 Å². The fraction of sp³-hybridized carbons (Fsp3) is 0.350. The Labute approximate surface area is 157 Å². The summed E-state index contributed by atoms with van der Waals surface area (Å²) in [5.41, 5.74) is 1.79. The number of halogens is 1. The van der Waals surface area contributed by atoms with Gasteiger partial charge in [-0.3, -0.25) is 4.79 Å². The average molecular weight is 406 g/mol. The maximum atomic E-state index is 12.1. The second-order valence-electron chi connectivity index (χ2n) is 5.67. The third-order valence-corrected chi connectivity index (χ3v) is 4.16. The first kappa shape index (κ1) is 19.3. The first-order valence-corrected chi connectivity index (χ1v) is 9.35. The van der Waals surface area contributed by atoms with Gasteiger partial charge >= 0.3 is 0 Å². The van der Waals surface area contributed by atoms with E-state index in [1.54, 1.807) is 0 Å². The molecule has 0 aliphatic rings. The highest BCUT2D eigenvalue weighted by atomic mass is 79.9. The van der Waals surface area contributed by atoms with Gasteiger partial charge in [0.2, 0.25) is 0 Å². The van der Waals surface area contributed by atoms with E-state index in [1.165, 1.54) is 0 Å². The Bertz CT molecular complexity index is 686. The molecule has 134 valence electrons. The SMILES string of the molecule is CCCCOc1ccc(NC(=O)COc2ccc(Br)cc2CC)cc1. The molecule has 4 nitrogen and oxygen atoms in total. The highest BCUT2D eigenvalue weighted by Gasteiger charge is 2.07. The summed E-state index contributed by atoms with van der Waals surface area (Å²) in [5, 5.41) is 2.83. The number of hydrogen-bond acceptors (Lipinski definition) is 3. The fourth-order valence-electron chi connectivity index (χ4n) is 2.27. The zero-order valence-corrected chi connectivity index (χ0v) is 16.3.